The molecule has 1 aliphatic carbocycles. The Hall–Kier alpha value is -1.13. The van der Waals surface area contributed by atoms with Gasteiger partial charge in [-0.05, 0) is 62.3 Å². The van der Waals surface area contributed by atoms with E-state index in [1.807, 2.05) is 11.3 Å². The fourth-order valence-corrected chi connectivity index (χ4v) is 5.46. The van der Waals surface area contributed by atoms with Gasteiger partial charge in [-0.15, -0.1) is 11.3 Å². The van der Waals surface area contributed by atoms with Crippen molar-refractivity contribution in [2.45, 2.75) is 57.5 Å². The first-order valence-electron chi connectivity index (χ1n) is 9.56. The maximum Gasteiger partial charge on any atom is 0.249 e. The van der Waals surface area contributed by atoms with Gasteiger partial charge in [-0.2, -0.15) is 0 Å². The van der Waals surface area contributed by atoms with E-state index in [2.05, 4.69) is 33.4 Å². The van der Waals surface area contributed by atoms with Crippen LogP contribution in [0.5, 0.6) is 0 Å². The van der Waals surface area contributed by atoms with Crippen LogP contribution < -0.4 is 0 Å². The molecular weight excluding hydrogens is 316 g/mol. The second-order valence-electron chi connectivity index (χ2n) is 7.55. The molecule has 2 atom stereocenters. The number of fused-ring (bicyclic) bond motifs is 1. The molecule has 2 saturated heterocycles. The summed E-state index contributed by atoms with van der Waals surface area (Å²) in [4.78, 5) is 19.3. The number of carbonyl (C=O) groups excluding carboxylic acids is 1. The average molecular weight is 345 g/mol. The quantitative estimate of drug-likeness (QED) is 0.825. The lowest BCUT2D eigenvalue weighted by atomic mass is 9.83. The highest BCUT2D eigenvalue weighted by molar-refractivity contribution is 7.09. The highest BCUT2D eigenvalue weighted by atomic mass is 32.1. The van der Waals surface area contributed by atoms with Gasteiger partial charge in [0.2, 0.25) is 5.91 Å². The maximum absolute atomic E-state index is 13.0. The molecule has 0 N–H and O–H groups in total. The largest absolute Gasteiger partial charge is 0.336 e. The Morgan fingerprint density at radius 1 is 1.21 bits per heavy atom. The third-order valence-corrected chi connectivity index (χ3v) is 6.80. The van der Waals surface area contributed by atoms with Crippen LogP contribution in [0.2, 0.25) is 0 Å². The molecule has 0 spiro atoms. The highest BCUT2D eigenvalue weighted by Crippen LogP contribution is 2.33. The number of likely N-dealkylation sites (tertiary alicyclic amines) is 2. The second kappa shape index (κ2) is 7.40. The zero-order valence-electron chi connectivity index (χ0n) is 14.5. The van der Waals surface area contributed by atoms with E-state index in [0.717, 1.165) is 51.0 Å². The van der Waals surface area contributed by atoms with Crippen LogP contribution in [0.4, 0.5) is 0 Å². The summed E-state index contributed by atoms with van der Waals surface area (Å²) in [5.41, 5.74) is 1.10. The first-order chi connectivity index (χ1) is 11.8. The molecule has 1 amide bonds. The standard InChI is InChI=1S/C20H28N2OS/c23-20(16-6-2-1-3-7-16)22-11-4-8-17-14-21(12-10-19(17)22)15-18-9-5-13-24-18/h5-6,9,13,17,19H,1-4,7-8,10-12,14-15H2/t17-,19-/m1/s1. The zero-order chi connectivity index (χ0) is 16.4. The Balaban J connectivity index is 1.41. The number of rotatable bonds is 3. The van der Waals surface area contributed by atoms with E-state index in [-0.39, 0.29) is 0 Å². The van der Waals surface area contributed by atoms with Crippen molar-refractivity contribution < 1.29 is 4.79 Å². The number of nitrogens with zero attached hydrogens (tertiary/aromatic N) is 2. The fraction of sp³-hybridized carbons (Fsp3) is 0.650. The molecule has 0 radical (unpaired) electrons. The van der Waals surface area contributed by atoms with Gasteiger partial charge < -0.3 is 4.90 Å². The number of amides is 1. The molecule has 1 aromatic heterocycles. The Kier molecular flexibility index (Phi) is 5.04. The first-order valence-corrected chi connectivity index (χ1v) is 10.4. The van der Waals surface area contributed by atoms with Crippen LogP contribution in [0.3, 0.4) is 0 Å². The molecule has 3 aliphatic rings. The zero-order valence-corrected chi connectivity index (χ0v) is 15.3. The molecule has 4 heteroatoms. The van der Waals surface area contributed by atoms with Crippen LogP contribution in [0.15, 0.2) is 29.2 Å². The predicted octanol–water partition coefficient (Wildman–Crippen LogP) is 4.06. The molecule has 2 fully saturated rings. The number of carbonyl (C=O) groups is 1. The maximum atomic E-state index is 13.0. The summed E-state index contributed by atoms with van der Waals surface area (Å²) in [6.45, 7) is 4.34. The van der Waals surface area contributed by atoms with E-state index in [9.17, 15) is 4.79 Å². The lowest BCUT2D eigenvalue weighted by Crippen LogP contribution is -2.55. The van der Waals surface area contributed by atoms with Crippen molar-refractivity contribution in [1.82, 2.24) is 9.80 Å². The molecule has 2 aliphatic heterocycles. The molecule has 4 rings (SSSR count). The number of hydrogen-bond donors (Lipinski definition) is 0. The topological polar surface area (TPSA) is 23.6 Å². The summed E-state index contributed by atoms with van der Waals surface area (Å²) >= 11 is 1.86. The molecule has 130 valence electrons. The molecular formula is C20H28N2OS. The summed E-state index contributed by atoms with van der Waals surface area (Å²) in [5.74, 6) is 1.02. The van der Waals surface area contributed by atoms with Crippen LogP contribution >= 0.6 is 11.3 Å². The molecule has 0 unspecified atom stereocenters. The molecule has 24 heavy (non-hydrogen) atoms. The Morgan fingerprint density at radius 3 is 2.96 bits per heavy atom. The van der Waals surface area contributed by atoms with Crippen molar-refractivity contribution in [3.05, 3.63) is 34.0 Å². The van der Waals surface area contributed by atoms with Gasteiger partial charge in [0, 0.05) is 42.7 Å². The lowest BCUT2D eigenvalue weighted by Gasteiger charge is -2.47. The molecule has 0 saturated carbocycles. The van der Waals surface area contributed by atoms with Gasteiger partial charge >= 0.3 is 0 Å². The van der Waals surface area contributed by atoms with Crippen LogP contribution in [0.1, 0.15) is 49.8 Å². The van der Waals surface area contributed by atoms with E-state index in [1.165, 1.54) is 30.6 Å². The summed E-state index contributed by atoms with van der Waals surface area (Å²) in [6.07, 6.45) is 10.3. The van der Waals surface area contributed by atoms with E-state index < -0.39 is 0 Å². The predicted molar refractivity (Wildman–Crippen MR) is 99.0 cm³/mol. The van der Waals surface area contributed by atoms with Crippen LogP contribution in [-0.4, -0.2) is 41.4 Å². The van der Waals surface area contributed by atoms with E-state index in [1.54, 1.807) is 0 Å². The van der Waals surface area contributed by atoms with Crippen molar-refractivity contribution in [2.75, 3.05) is 19.6 Å². The van der Waals surface area contributed by atoms with Crippen molar-refractivity contribution in [1.29, 1.82) is 0 Å². The molecule has 1 aromatic rings. The average Bonchev–Trinajstić information content (AvgIpc) is 3.14. The van der Waals surface area contributed by atoms with Crippen molar-refractivity contribution in [3.8, 4) is 0 Å². The van der Waals surface area contributed by atoms with Crippen molar-refractivity contribution >= 4 is 17.2 Å². The summed E-state index contributed by atoms with van der Waals surface area (Å²) in [7, 11) is 0. The normalized spacial score (nSPS) is 28.3. The lowest BCUT2D eigenvalue weighted by molar-refractivity contribution is -0.134. The van der Waals surface area contributed by atoms with Gasteiger partial charge in [0.1, 0.15) is 0 Å². The summed E-state index contributed by atoms with van der Waals surface area (Å²) in [5, 5.41) is 2.17. The number of thiophene rings is 1. The van der Waals surface area contributed by atoms with E-state index >= 15 is 0 Å². The summed E-state index contributed by atoms with van der Waals surface area (Å²) in [6, 6.07) is 4.86. The van der Waals surface area contributed by atoms with Gasteiger partial charge in [-0.1, -0.05) is 12.1 Å². The van der Waals surface area contributed by atoms with Gasteiger partial charge in [0.25, 0.3) is 0 Å². The van der Waals surface area contributed by atoms with Crippen LogP contribution in [-0.2, 0) is 11.3 Å². The molecule has 0 aromatic carbocycles. The minimum Gasteiger partial charge on any atom is -0.336 e. The van der Waals surface area contributed by atoms with Gasteiger partial charge in [0.15, 0.2) is 0 Å². The SMILES string of the molecule is O=C(C1=CCCCC1)N1CCC[C@@H]2CN(Cc3cccs3)CC[C@H]21. The Labute approximate surface area is 149 Å². The second-order valence-corrected chi connectivity index (χ2v) is 8.58. The summed E-state index contributed by atoms with van der Waals surface area (Å²) < 4.78 is 0. The van der Waals surface area contributed by atoms with Gasteiger partial charge in [-0.25, -0.2) is 0 Å². The molecule has 3 nitrogen and oxygen atoms in total. The van der Waals surface area contributed by atoms with Crippen molar-refractivity contribution in [2.24, 2.45) is 5.92 Å². The van der Waals surface area contributed by atoms with Gasteiger partial charge in [-0.3, -0.25) is 9.69 Å². The number of piperidine rings is 2. The van der Waals surface area contributed by atoms with Crippen LogP contribution in [0.25, 0.3) is 0 Å². The smallest absolute Gasteiger partial charge is 0.249 e. The Morgan fingerprint density at radius 2 is 2.17 bits per heavy atom. The van der Waals surface area contributed by atoms with E-state index in [0.29, 0.717) is 17.9 Å². The molecule has 3 heterocycles. The first kappa shape index (κ1) is 16.3. The minimum absolute atomic E-state index is 0.358. The van der Waals surface area contributed by atoms with Crippen LogP contribution in [0, 0.1) is 5.92 Å². The van der Waals surface area contributed by atoms with Crippen molar-refractivity contribution in [3.63, 3.8) is 0 Å². The Bertz CT molecular complexity index is 595. The highest BCUT2D eigenvalue weighted by Gasteiger charge is 2.38. The monoisotopic (exact) mass is 344 g/mol. The molecule has 0 bridgehead atoms. The fourth-order valence-electron chi connectivity index (χ4n) is 4.71. The van der Waals surface area contributed by atoms with Gasteiger partial charge in [0.05, 0.1) is 0 Å². The van der Waals surface area contributed by atoms with E-state index in [4.69, 9.17) is 0 Å². The minimum atomic E-state index is 0.358. The third-order valence-electron chi connectivity index (χ3n) is 5.94. The number of hydrogen-bond acceptors (Lipinski definition) is 3. The number of allylic oxidation sites excluding steroid dienone is 1. The third kappa shape index (κ3) is 3.45.